The topological polar surface area (TPSA) is 0 Å². The van der Waals surface area contributed by atoms with Gasteiger partial charge in [0.25, 0.3) is 0 Å². The van der Waals surface area contributed by atoms with Crippen LogP contribution < -0.4 is 0 Å². The van der Waals surface area contributed by atoms with E-state index in [0.29, 0.717) is 0 Å². The Morgan fingerprint density at radius 1 is 0.222 bits per heavy atom. The van der Waals surface area contributed by atoms with Crippen LogP contribution in [0.25, 0.3) is 90.4 Å². The lowest BCUT2D eigenvalue weighted by molar-refractivity contribution is 1.58. The molecule has 0 radical (unpaired) electrons. The van der Waals surface area contributed by atoms with E-state index in [-0.39, 0.29) is 0 Å². The second-order valence-electron chi connectivity index (χ2n) is 13.7. The summed E-state index contributed by atoms with van der Waals surface area (Å²) < 4.78 is 0. The Morgan fingerprint density at radius 3 is 0.870 bits per heavy atom. The molecule has 0 spiro atoms. The predicted molar refractivity (Wildman–Crippen MR) is 234 cm³/mol. The molecule has 54 heavy (non-hydrogen) atoms. The Balaban J connectivity index is 1.28. The first-order valence-electron chi connectivity index (χ1n) is 18.6. The first-order chi connectivity index (χ1) is 26.8. The van der Waals surface area contributed by atoms with E-state index in [1.54, 1.807) is 0 Å². The van der Waals surface area contributed by atoms with Gasteiger partial charge in [-0.25, -0.2) is 0 Å². The molecule has 0 saturated carbocycles. The third kappa shape index (κ3) is 6.58. The van der Waals surface area contributed by atoms with Crippen molar-refractivity contribution in [3.63, 3.8) is 0 Å². The van der Waals surface area contributed by atoms with Crippen molar-refractivity contribution in [2.24, 2.45) is 0 Å². The number of hydrogen-bond donors (Lipinski definition) is 0. The van der Waals surface area contributed by atoms with Crippen LogP contribution in [0.1, 0.15) is 22.3 Å². The van der Waals surface area contributed by atoms with E-state index in [9.17, 15) is 0 Å². The van der Waals surface area contributed by atoms with Gasteiger partial charge in [0, 0.05) is 0 Å². The van der Waals surface area contributed by atoms with Gasteiger partial charge in [-0.15, -0.1) is 0 Å². The molecule has 0 aliphatic rings. The maximum atomic E-state index is 2.34. The molecule has 9 aromatic rings. The quantitative estimate of drug-likeness (QED) is 0.110. The van der Waals surface area contributed by atoms with Crippen LogP contribution in [0.4, 0.5) is 0 Å². The van der Waals surface area contributed by atoms with E-state index in [1.165, 1.54) is 88.3 Å². The summed E-state index contributed by atoms with van der Waals surface area (Å²) in [6.45, 7) is 0. The fourth-order valence-corrected chi connectivity index (χ4v) is 7.70. The molecule has 0 heteroatoms. The van der Waals surface area contributed by atoms with E-state index in [4.69, 9.17) is 0 Å². The Morgan fingerprint density at radius 2 is 0.519 bits per heavy atom. The maximum absolute atomic E-state index is 2.34. The Labute approximate surface area is 317 Å². The molecule has 9 rings (SSSR count). The second-order valence-corrected chi connectivity index (χ2v) is 13.7. The minimum atomic E-state index is 1.17. The molecule has 0 fully saturated rings. The highest BCUT2D eigenvalue weighted by atomic mass is 14.2. The van der Waals surface area contributed by atoms with Crippen LogP contribution in [0.15, 0.2) is 206 Å². The molecule has 0 atom stereocenters. The molecular weight excluding hydrogens is 649 g/mol. The van der Waals surface area contributed by atoms with Crippen molar-refractivity contribution in [2.75, 3.05) is 0 Å². The molecule has 0 unspecified atom stereocenters. The number of hydrogen-bond acceptors (Lipinski definition) is 0. The molecule has 0 aliphatic heterocycles. The predicted octanol–water partition coefficient (Wildman–Crippen LogP) is 15.0. The highest BCUT2D eigenvalue weighted by Crippen LogP contribution is 2.48. The second kappa shape index (κ2) is 14.9. The van der Waals surface area contributed by atoms with Gasteiger partial charge in [0.1, 0.15) is 0 Å². The Bertz CT molecular complexity index is 2520. The SMILES string of the molecule is C(=C\c1ccc(-c2c3ccccc3c(-c3ccc(/C=C/c4ccccc4)cc3-c3ccccc3)c3ccccc23)c(-c2ccccc2)c1)/c1ccccc1. The Kier molecular flexibility index (Phi) is 9.07. The summed E-state index contributed by atoms with van der Waals surface area (Å²) >= 11 is 0. The summed E-state index contributed by atoms with van der Waals surface area (Å²) in [4.78, 5) is 0. The van der Waals surface area contributed by atoms with E-state index in [0.717, 1.165) is 0 Å². The molecular formula is C54H38. The molecule has 0 bridgehead atoms. The lowest BCUT2D eigenvalue weighted by atomic mass is 9.81. The van der Waals surface area contributed by atoms with Gasteiger partial charge in [-0.2, -0.15) is 0 Å². The van der Waals surface area contributed by atoms with Crippen molar-refractivity contribution in [2.45, 2.75) is 0 Å². The lowest BCUT2D eigenvalue weighted by Crippen LogP contribution is -1.95. The van der Waals surface area contributed by atoms with Crippen LogP contribution in [0, 0.1) is 0 Å². The number of rotatable bonds is 8. The zero-order chi connectivity index (χ0) is 36.1. The van der Waals surface area contributed by atoms with Gasteiger partial charge >= 0.3 is 0 Å². The van der Waals surface area contributed by atoms with Crippen LogP contribution in [0.3, 0.4) is 0 Å². The van der Waals surface area contributed by atoms with Gasteiger partial charge in [-0.05, 0) is 100 Å². The highest BCUT2D eigenvalue weighted by Gasteiger charge is 2.21. The van der Waals surface area contributed by atoms with Crippen LogP contribution >= 0.6 is 0 Å². The van der Waals surface area contributed by atoms with Crippen molar-refractivity contribution in [1.29, 1.82) is 0 Å². The molecule has 0 aromatic heterocycles. The van der Waals surface area contributed by atoms with Crippen molar-refractivity contribution in [1.82, 2.24) is 0 Å². The summed E-state index contributed by atoms with van der Waals surface area (Å²) in [6.07, 6.45) is 8.82. The average molecular weight is 687 g/mol. The molecule has 0 nitrogen and oxygen atoms in total. The highest BCUT2D eigenvalue weighted by molar-refractivity contribution is 6.23. The third-order valence-corrected chi connectivity index (χ3v) is 10.3. The van der Waals surface area contributed by atoms with Crippen LogP contribution in [-0.4, -0.2) is 0 Å². The molecule has 0 saturated heterocycles. The molecule has 0 N–H and O–H groups in total. The van der Waals surface area contributed by atoms with Gasteiger partial charge in [0.15, 0.2) is 0 Å². The summed E-state index contributed by atoms with van der Waals surface area (Å²) in [6, 6.07) is 74.4. The third-order valence-electron chi connectivity index (χ3n) is 10.3. The standard InChI is InChI=1S/C54H38/c1-5-17-39(18-6-1)29-31-41-33-35-49(51(37-41)43-21-9-3-10-22-43)53-45-25-13-15-27-47(45)54(48-28-16-14-26-46(48)53)50-36-34-42(32-30-40-19-7-2-8-20-40)38-52(50)44-23-11-4-12-24-44/h1-38H/b31-29+,32-30+. The van der Waals surface area contributed by atoms with E-state index >= 15 is 0 Å². The molecule has 0 aliphatic carbocycles. The lowest BCUT2D eigenvalue weighted by Gasteiger charge is -2.21. The van der Waals surface area contributed by atoms with Gasteiger partial charge in [-0.1, -0.05) is 218 Å². The molecule has 254 valence electrons. The first-order valence-corrected chi connectivity index (χ1v) is 18.6. The maximum Gasteiger partial charge on any atom is -0.00201 e. The monoisotopic (exact) mass is 686 g/mol. The minimum absolute atomic E-state index is 1.17. The summed E-state index contributed by atoms with van der Waals surface area (Å²) in [5.74, 6) is 0. The number of benzene rings is 9. The zero-order valence-corrected chi connectivity index (χ0v) is 29.9. The Hall–Kier alpha value is -7.02. The summed E-state index contributed by atoms with van der Waals surface area (Å²) in [7, 11) is 0. The normalized spacial score (nSPS) is 11.6. The smallest absolute Gasteiger partial charge is 0.00201 e. The van der Waals surface area contributed by atoms with Crippen LogP contribution in [0.2, 0.25) is 0 Å². The van der Waals surface area contributed by atoms with Gasteiger partial charge < -0.3 is 0 Å². The van der Waals surface area contributed by atoms with Crippen LogP contribution in [0.5, 0.6) is 0 Å². The van der Waals surface area contributed by atoms with Crippen molar-refractivity contribution >= 4 is 45.8 Å². The molecule has 9 aromatic carbocycles. The number of fused-ring (bicyclic) bond motifs is 2. The van der Waals surface area contributed by atoms with Gasteiger partial charge in [0.2, 0.25) is 0 Å². The van der Waals surface area contributed by atoms with E-state index in [2.05, 4.69) is 231 Å². The fraction of sp³-hybridized carbons (Fsp3) is 0. The van der Waals surface area contributed by atoms with Crippen molar-refractivity contribution in [3.05, 3.63) is 229 Å². The van der Waals surface area contributed by atoms with Crippen molar-refractivity contribution in [3.8, 4) is 44.5 Å². The molecule has 0 amide bonds. The minimum Gasteiger partial charge on any atom is -0.0622 e. The fourth-order valence-electron chi connectivity index (χ4n) is 7.70. The summed E-state index contributed by atoms with van der Waals surface area (Å²) in [5.41, 5.74) is 14.5. The van der Waals surface area contributed by atoms with E-state index < -0.39 is 0 Å². The van der Waals surface area contributed by atoms with Crippen molar-refractivity contribution < 1.29 is 0 Å². The zero-order valence-electron chi connectivity index (χ0n) is 29.9. The van der Waals surface area contributed by atoms with E-state index in [1.807, 2.05) is 0 Å². The van der Waals surface area contributed by atoms with Gasteiger partial charge in [0.05, 0.1) is 0 Å². The largest absolute Gasteiger partial charge is 0.0622 e. The van der Waals surface area contributed by atoms with Gasteiger partial charge in [-0.3, -0.25) is 0 Å². The molecule has 0 heterocycles. The van der Waals surface area contributed by atoms with Crippen LogP contribution in [-0.2, 0) is 0 Å². The first kappa shape index (κ1) is 32.9. The average Bonchev–Trinajstić information content (AvgIpc) is 3.25. The summed E-state index contributed by atoms with van der Waals surface area (Å²) in [5, 5.41) is 4.96.